The summed E-state index contributed by atoms with van der Waals surface area (Å²) in [4.78, 5) is 35.8. The van der Waals surface area contributed by atoms with E-state index in [-0.39, 0.29) is 18.2 Å². The van der Waals surface area contributed by atoms with Crippen LogP contribution in [0.5, 0.6) is 5.75 Å². The molecule has 0 aliphatic rings. The molecule has 4 aromatic rings. The van der Waals surface area contributed by atoms with Crippen molar-refractivity contribution in [1.29, 1.82) is 0 Å². The van der Waals surface area contributed by atoms with Crippen LogP contribution < -0.4 is 20.3 Å². The van der Waals surface area contributed by atoms with Crippen molar-refractivity contribution in [2.75, 3.05) is 37.5 Å². The summed E-state index contributed by atoms with van der Waals surface area (Å²) in [6, 6.07) is 12.6. The second-order valence-corrected chi connectivity index (χ2v) is 7.94. The number of nitro groups is 1. The molecule has 0 unspecified atom stereocenters. The summed E-state index contributed by atoms with van der Waals surface area (Å²) in [5.41, 5.74) is 3.11. The molecule has 0 spiro atoms. The molecule has 1 amide bonds. The molecule has 0 saturated carbocycles. The van der Waals surface area contributed by atoms with Crippen LogP contribution in [-0.4, -0.2) is 58.3 Å². The number of amides is 1. The maximum absolute atomic E-state index is 11.9. The number of aromatic amines is 1. The fraction of sp³-hybridized carbons (Fsp3) is 0.208. The lowest BCUT2D eigenvalue weighted by Gasteiger charge is -2.21. The molecule has 12 nitrogen and oxygen atoms in total. The third-order valence-electron chi connectivity index (χ3n) is 5.62. The number of aromatic nitrogens is 3. The first-order valence-corrected chi connectivity index (χ1v) is 11.1. The van der Waals surface area contributed by atoms with Crippen LogP contribution in [0.3, 0.4) is 0 Å². The van der Waals surface area contributed by atoms with E-state index in [2.05, 4.69) is 25.6 Å². The Morgan fingerprint density at radius 1 is 1.28 bits per heavy atom. The van der Waals surface area contributed by atoms with E-state index in [1.807, 2.05) is 30.5 Å². The van der Waals surface area contributed by atoms with Gasteiger partial charge in [-0.2, -0.15) is 0 Å². The maximum Gasteiger partial charge on any atom is 0.404 e. The van der Waals surface area contributed by atoms with Gasteiger partial charge in [0.25, 0.3) is 5.69 Å². The van der Waals surface area contributed by atoms with Crippen LogP contribution in [0.15, 0.2) is 54.9 Å². The molecule has 0 bridgehead atoms. The highest BCUT2D eigenvalue weighted by atomic mass is 16.6. The van der Waals surface area contributed by atoms with Crippen molar-refractivity contribution in [2.24, 2.45) is 0 Å². The molecule has 4 N–H and O–H groups in total. The van der Waals surface area contributed by atoms with Crippen LogP contribution in [0.25, 0.3) is 22.2 Å². The number of nitrogens with one attached hydrogen (secondary N) is 3. The van der Waals surface area contributed by atoms with Gasteiger partial charge in [-0.3, -0.25) is 10.1 Å². The molecule has 36 heavy (non-hydrogen) atoms. The first-order chi connectivity index (χ1) is 17.4. The lowest BCUT2D eigenvalue weighted by molar-refractivity contribution is -0.384. The zero-order valence-electron chi connectivity index (χ0n) is 19.7. The second kappa shape index (κ2) is 10.6. The summed E-state index contributed by atoms with van der Waals surface area (Å²) < 4.78 is 5.50. The number of H-pyrrole nitrogens is 1. The molecule has 0 radical (unpaired) electrons. The fourth-order valence-corrected chi connectivity index (χ4v) is 3.88. The first-order valence-electron chi connectivity index (χ1n) is 11.1. The molecule has 0 atom stereocenters. The van der Waals surface area contributed by atoms with Gasteiger partial charge in [-0.05, 0) is 18.6 Å². The van der Waals surface area contributed by atoms with Crippen molar-refractivity contribution >= 4 is 40.0 Å². The van der Waals surface area contributed by atoms with E-state index in [0.29, 0.717) is 35.8 Å². The van der Waals surface area contributed by atoms with Gasteiger partial charge in [-0.1, -0.05) is 18.2 Å². The highest BCUT2D eigenvalue weighted by Gasteiger charge is 2.22. The lowest BCUT2D eigenvalue weighted by Crippen LogP contribution is -2.27. The Bertz CT molecular complexity index is 1400. The number of carboxylic acid groups (broad SMARTS) is 1. The van der Waals surface area contributed by atoms with Crippen LogP contribution in [0.1, 0.15) is 6.42 Å². The van der Waals surface area contributed by atoms with E-state index >= 15 is 0 Å². The fourth-order valence-electron chi connectivity index (χ4n) is 3.88. The minimum atomic E-state index is -1.11. The number of benzene rings is 2. The average molecular weight is 492 g/mol. The molecule has 2 heterocycles. The summed E-state index contributed by atoms with van der Waals surface area (Å²) in [7, 11) is 3.17. The van der Waals surface area contributed by atoms with Gasteiger partial charge in [0.05, 0.1) is 23.4 Å². The number of nitro benzene ring substituents is 1. The molecular weight excluding hydrogens is 466 g/mol. The van der Waals surface area contributed by atoms with Gasteiger partial charge >= 0.3 is 6.09 Å². The van der Waals surface area contributed by atoms with Crippen molar-refractivity contribution < 1.29 is 19.6 Å². The van der Waals surface area contributed by atoms with Crippen molar-refractivity contribution in [3.8, 4) is 17.0 Å². The Hall–Kier alpha value is -4.87. The van der Waals surface area contributed by atoms with Crippen molar-refractivity contribution in [2.45, 2.75) is 6.42 Å². The van der Waals surface area contributed by atoms with E-state index < -0.39 is 11.0 Å². The molecule has 0 aliphatic carbocycles. The van der Waals surface area contributed by atoms with Crippen LogP contribution >= 0.6 is 0 Å². The topological polar surface area (TPSA) is 159 Å². The number of hydrogen-bond acceptors (Lipinski definition) is 8. The highest BCUT2D eigenvalue weighted by Crippen LogP contribution is 2.39. The molecule has 12 heteroatoms. The predicted molar refractivity (Wildman–Crippen MR) is 136 cm³/mol. The summed E-state index contributed by atoms with van der Waals surface area (Å²) in [6.45, 7) is 0.626. The van der Waals surface area contributed by atoms with Gasteiger partial charge in [-0.25, -0.2) is 14.8 Å². The molecule has 4 rings (SSSR count). The van der Waals surface area contributed by atoms with Gasteiger partial charge in [0.1, 0.15) is 11.4 Å². The summed E-state index contributed by atoms with van der Waals surface area (Å²) in [5, 5.41) is 26.9. The largest absolute Gasteiger partial charge is 0.494 e. The lowest BCUT2D eigenvalue weighted by atomic mass is 10.1. The number of anilines is 3. The van der Waals surface area contributed by atoms with E-state index in [1.54, 1.807) is 30.3 Å². The summed E-state index contributed by atoms with van der Waals surface area (Å²) >= 11 is 0. The normalized spacial score (nSPS) is 10.7. The number of ether oxygens (including phenoxy) is 1. The smallest absolute Gasteiger partial charge is 0.404 e. The molecule has 0 aliphatic heterocycles. The van der Waals surface area contributed by atoms with Crippen LogP contribution in [0.2, 0.25) is 0 Å². The summed E-state index contributed by atoms with van der Waals surface area (Å²) in [5.74, 6) is 0.624. The number of fused-ring (bicyclic) bond motifs is 1. The number of rotatable bonds is 10. The van der Waals surface area contributed by atoms with E-state index in [0.717, 1.165) is 16.5 Å². The monoisotopic (exact) mass is 491 g/mol. The van der Waals surface area contributed by atoms with Crippen LogP contribution in [0, 0.1) is 10.1 Å². The number of carbonyl (C=O) groups is 1. The van der Waals surface area contributed by atoms with Gasteiger partial charge in [0, 0.05) is 61.1 Å². The van der Waals surface area contributed by atoms with Crippen LogP contribution in [0.4, 0.5) is 27.8 Å². The Morgan fingerprint density at radius 3 is 2.83 bits per heavy atom. The van der Waals surface area contributed by atoms with Gasteiger partial charge < -0.3 is 30.4 Å². The molecule has 0 fully saturated rings. The van der Waals surface area contributed by atoms with Crippen molar-refractivity contribution in [1.82, 2.24) is 20.3 Å². The first kappa shape index (κ1) is 24.3. The summed E-state index contributed by atoms with van der Waals surface area (Å²) in [6.07, 6.45) is 2.84. The second-order valence-electron chi connectivity index (χ2n) is 7.94. The van der Waals surface area contributed by atoms with Gasteiger partial charge in [0.2, 0.25) is 5.95 Å². The predicted octanol–water partition coefficient (Wildman–Crippen LogP) is 4.38. The van der Waals surface area contributed by atoms with Gasteiger partial charge in [0.15, 0.2) is 0 Å². The van der Waals surface area contributed by atoms with Gasteiger partial charge in [-0.15, -0.1) is 0 Å². The number of nitrogens with zero attached hydrogens (tertiary/aromatic N) is 4. The molecule has 2 aromatic carbocycles. The SMILES string of the molecule is COc1cc(N(C)CCCNC(=O)O)c([N+](=O)[O-])cc1Nc1nccc(-c2c[nH]c3ccccc23)n1. The molecule has 186 valence electrons. The van der Waals surface area contributed by atoms with E-state index in [4.69, 9.17) is 9.84 Å². The standard InChI is InChI=1S/C24H25N7O5/c1-30(11-5-9-26-24(32)33)20-13-22(36-2)19(12-21(20)31(34)35)29-23-25-10-8-18(28-23)16-14-27-17-7-4-3-6-15(16)17/h3-4,6-8,10,12-14,26-27H,5,9,11H2,1-2H3,(H,32,33)(H,25,28,29). The third-order valence-corrected chi connectivity index (χ3v) is 5.62. The zero-order chi connectivity index (χ0) is 25.7. The Morgan fingerprint density at radius 2 is 2.08 bits per heavy atom. The van der Waals surface area contributed by atoms with Crippen molar-refractivity contribution in [3.63, 3.8) is 0 Å². The number of methoxy groups -OCH3 is 1. The highest BCUT2D eigenvalue weighted by molar-refractivity contribution is 5.94. The quantitative estimate of drug-likeness (QED) is 0.143. The molecular formula is C24H25N7O5. The Labute approximate surface area is 206 Å². The van der Waals surface area contributed by atoms with E-state index in [1.165, 1.54) is 13.2 Å². The third kappa shape index (κ3) is 5.27. The van der Waals surface area contributed by atoms with Crippen LogP contribution in [-0.2, 0) is 0 Å². The molecule has 2 aromatic heterocycles. The minimum absolute atomic E-state index is 0.139. The molecule has 0 saturated heterocycles. The average Bonchev–Trinajstić information content (AvgIpc) is 3.30. The van der Waals surface area contributed by atoms with E-state index in [9.17, 15) is 14.9 Å². The Balaban J connectivity index is 1.61. The number of para-hydroxylation sites is 1. The zero-order valence-corrected chi connectivity index (χ0v) is 19.7. The maximum atomic E-state index is 11.9. The Kier molecular flexibility index (Phi) is 7.14. The number of hydrogen-bond donors (Lipinski definition) is 4. The minimum Gasteiger partial charge on any atom is -0.494 e. The van der Waals surface area contributed by atoms with Crippen molar-refractivity contribution in [3.05, 3.63) is 65.0 Å².